The minimum Gasteiger partial charge on any atom is -0.462 e. The van der Waals surface area contributed by atoms with Crippen molar-refractivity contribution in [2.24, 2.45) is 0 Å². The van der Waals surface area contributed by atoms with Crippen LogP contribution in [0.1, 0.15) is 316 Å². The molecule has 0 N–H and O–H groups in total. The Hall–Kier alpha value is -3.41. The topological polar surface area (TPSA) is 78.9 Å². The molecule has 75 heavy (non-hydrogen) atoms. The largest absolute Gasteiger partial charge is 0.462 e. The van der Waals surface area contributed by atoms with Gasteiger partial charge >= 0.3 is 17.9 Å². The highest BCUT2D eigenvalue weighted by molar-refractivity contribution is 5.71. The molecule has 6 heteroatoms. The minimum atomic E-state index is -0.792. The lowest BCUT2D eigenvalue weighted by molar-refractivity contribution is -0.167. The number of hydrogen-bond acceptors (Lipinski definition) is 6. The van der Waals surface area contributed by atoms with Crippen LogP contribution in [-0.4, -0.2) is 37.2 Å². The standard InChI is InChI=1S/C69H120O6/c1-4-7-10-13-16-19-22-25-27-29-31-33-34-36-37-39-41-44-47-50-53-56-59-62-68(71)74-65-66(64-73-67(70)61-58-55-52-49-46-43-24-21-18-15-12-9-6-3)75-69(72)63-60-57-54-51-48-45-42-40-38-35-32-30-28-26-23-20-17-14-11-8-5-2/h12,15,21-26,29-32,38,40,66H,4-11,13-14,16-20,27-28,33-37,39,41-65H2,1-3H3/b15-12-,24-21-,25-22-,26-23-,31-29-,32-30-,40-38-. The number of unbranched alkanes of at least 4 members (excludes halogenated alkanes) is 33. The van der Waals surface area contributed by atoms with Crippen molar-refractivity contribution in [1.82, 2.24) is 0 Å². The van der Waals surface area contributed by atoms with Gasteiger partial charge in [-0.2, -0.15) is 0 Å². The van der Waals surface area contributed by atoms with Crippen LogP contribution in [0.2, 0.25) is 0 Å². The van der Waals surface area contributed by atoms with Crippen LogP contribution in [0.5, 0.6) is 0 Å². The van der Waals surface area contributed by atoms with Crippen LogP contribution < -0.4 is 0 Å². The van der Waals surface area contributed by atoms with Crippen LogP contribution in [0.25, 0.3) is 0 Å². The van der Waals surface area contributed by atoms with E-state index in [-0.39, 0.29) is 31.1 Å². The highest BCUT2D eigenvalue weighted by Crippen LogP contribution is 2.16. The van der Waals surface area contributed by atoms with Crippen molar-refractivity contribution in [3.05, 3.63) is 85.1 Å². The Kier molecular flexibility index (Phi) is 60.3. The second kappa shape index (κ2) is 63.1. The van der Waals surface area contributed by atoms with E-state index in [1.165, 1.54) is 154 Å². The third-order valence-corrected chi connectivity index (χ3v) is 13.8. The number of rotatable bonds is 58. The Morgan fingerprint density at radius 1 is 0.267 bits per heavy atom. The molecule has 0 heterocycles. The fraction of sp³-hybridized carbons (Fsp3) is 0.754. The molecule has 0 aliphatic rings. The number of ether oxygens (including phenoxy) is 3. The third-order valence-electron chi connectivity index (χ3n) is 13.8. The van der Waals surface area contributed by atoms with Crippen molar-refractivity contribution in [3.8, 4) is 0 Å². The fourth-order valence-electron chi connectivity index (χ4n) is 8.99. The molecule has 0 aliphatic heterocycles. The molecule has 6 nitrogen and oxygen atoms in total. The van der Waals surface area contributed by atoms with Gasteiger partial charge in [-0.25, -0.2) is 0 Å². The maximum atomic E-state index is 12.9. The lowest BCUT2D eigenvalue weighted by Crippen LogP contribution is -2.30. The summed E-state index contributed by atoms with van der Waals surface area (Å²) in [6, 6.07) is 0. The first kappa shape index (κ1) is 71.6. The fourth-order valence-corrected chi connectivity index (χ4v) is 8.99. The molecule has 0 spiro atoms. The summed E-state index contributed by atoms with van der Waals surface area (Å²) in [6.45, 7) is 6.56. The zero-order chi connectivity index (χ0) is 54.3. The van der Waals surface area contributed by atoms with E-state index in [2.05, 4.69) is 106 Å². The Morgan fingerprint density at radius 2 is 0.507 bits per heavy atom. The van der Waals surface area contributed by atoms with Crippen LogP contribution >= 0.6 is 0 Å². The highest BCUT2D eigenvalue weighted by Gasteiger charge is 2.19. The maximum Gasteiger partial charge on any atom is 0.306 e. The van der Waals surface area contributed by atoms with Gasteiger partial charge in [0.2, 0.25) is 0 Å². The van der Waals surface area contributed by atoms with E-state index in [9.17, 15) is 14.4 Å². The normalized spacial score (nSPS) is 12.6. The molecule has 1 atom stereocenters. The van der Waals surface area contributed by atoms with Gasteiger partial charge in [-0.1, -0.05) is 266 Å². The number of allylic oxidation sites excluding steroid dienone is 14. The third kappa shape index (κ3) is 61.3. The molecular weight excluding hydrogens is 925 g/mol. The van der Waals surface area contributed by atoms with Gasteiger partial charge in [-0.3, -0.25) is 14.4 Å². The minimum absolute atomic E-state index is 0.0869. The summed E-state index contributed by atoms with van der Waals surface area (Å²) in [5.41, 5.74) is 0. The van der Waals surface area contributed by atoms with Crippen LogP contribution in [0.3, 0.4) is 0 Å². The van der Waals surface area contributed by atoms with Crippen LogP contribution in [0.15, 0.2) is 85.1 Å². The van der Waals surface area contributed by atoms with Crippen molar-refractivity contribution in [1.29, 1.82) is 0 Å². The van der Waals surface area contributed by atoms with E-state index in [4.69, 9.17) is 14.2 Å². The van der Waals surface area contributed by atoms with Gasteiger partial charge in [-0.05, 0) is 116 Å². The highest BCUT2D eigenvalue weighted by atomic mass is 16.6. The van der Waals surface area contributed by atoms with E-state index in [0.717, 1.165) is 122 Å². The molecule has 0 radical (unpaired) electrons. The van der Waals surface area contributed by atoms with E-state index in [0.29, 0.717) is 19.3 Å². The molecule has 0 bridgehead atoms. The quantitative estimate of drug-likeness (QED) is 0.0261. The zero-order valence-electron chi connectivity index (χ0n) is 49.6. The van der Waals surface area contributed by atoms with Gasteiger partial charge < -0.3 is 14.2 Å². The summed E-state index contributed by atoms with van der Waals surface area (Å²) in [5.74, 6) is -0.906. The molecule has 0 saturated heterocycles. The number of carbonyl (C=O) groups is 3. The van der Waals surface area contributed by atoms with E-state index >= 15 is 0 Å². The van der Waals surface area contributed by atoms with Gasteiger partial charge in [0.05, 0.1) is 0 Å². The van der Waals surface area contributed by atoms with Crippen molar-refractivity contribution in [2.45, 2.75) is 322 Å². The molecule has 1 unspecified atom stereocenters. The molecule has 0 aromatic rings. The maximum absolute atomic E-state index is 12.9. The van der Waals surface area contributed by atoms with Crippen LogP contribution in [0, 0.1) is 0 Å². The van der Waals surface area contributed by atoms with Gasteiger partial charge in [0.1, 0.15) is 13.2 Å². The van der Waals surface area contributed by atoms with Gasteiger partial charge in [0, 0.05) is 19.3 Å². The van der Waals surface area contributed by atoms with Crippen LogP contribution in [0.4, 0.5) is 0 Å². The number of carbonyl (C=O) groups excluding carboxylic acids is 3. The smallest absolute Gasteiger partial charge is 0.306 e. The van der Waals surface area contributed by atoms with Gasteiger partial charge in [0.25, 0.3) is 0 Å². The van der Waals surface area contributed by atoms with E-state index in [1.54, 1.807) is 0 Å². The molecule has 432 valence electrons. The molecular formula is C69H120O6. The first-order chi connectivity index (χ1) is 37.0. The van der Waals surface area contributed by atoms with Crippen LogP contribution in [-0.2, 0) is 28.6 Å². The summed E-state index contributed by atoms with van der Waals surface area (Å²) in [4.78, 5) is 38.3. The summed E-state index contributed by atoms with van der Waals surface area (Å²) in [6.07, 6.45) is 83.0. The van der Waals surface area contributed by atoms with Crippen molar-refractivity contribution in [2.75, 3.05) is 13.2 Å². The van der Waals surface area contributed by atoms with Gasteiger partial charge in [0.15, 0.2) is 6.10 Å². The first-order valence-corrected chi connectivity index (χ1v) is 32.1. The summed E-state index contributed by atoms with van der Waals surface area (Å²) in [7, 11) is 0. The number of esters is 3. The molecule has 0 aromatic carbocycles. The average molecular weight is 1050 g/mol. The lowest BCUT2D eigenvalue weighted by atomic mass is 10.0. The molecule has 0 aromatic heterocycles. The monoisotopic (exact) mass is 1040 g/mol. The molecule has 0 fully saturated rings. The van der Waals surface area contributed by atoms with Crippen molar-refractivity contribution < 1.29 is 28.6 Å². The Morgan fingerprint density at radius 3 is 0.800 bits per heavy atom. The SMILES string of the molecule is CCC/C=C\C/C=C\CCCCCCCC(=O)OCC(COC(=O)CCCCCCCCCCCCC/C=C\C/C=C\CCCCCCC)OC(=O)CCCCCCCC/C=C\C/C=C\C/C=C\CCCCCCC. The first-order valence-electron chi connectivity index (χ1n) is 32.1. The van der Waals surface area contributed by atoms with Gasteiger partial charge in [-0.15, -0.1) is 0 Å². The zero-order valence-corrected chi connectivity index (χ0v) is 49.6. The summed E-state index contributed by atoms with van der Waals surface area (Å²) < 4.78 is 16.9. The van der Waals surface area contributed by atoms with E-state index < -0.39 is 6.10 Å². The van der Waals surface area contributed by atoms with Crippen molar-refractivity contribution in [3.63, 3.8) is 0 Å². The summed E-state index contributed by atoms with van der Waals surface area (Å²) >= 11 is 0. The molecule has 0 aliphatic carbocycles. The Balaban J connectivity index is 4.36. The average Bonchev–Trinajstić information content (AvgIpc) is 3.41. The molecule has 0 saturated carbocycles. The molecule has 0 rings (SSSR count). The van der Waals surface area contributed by atoms with E-state index in [1.807, 2.05) is 0 Å². The lowest BCUT2D eigenvalue weighted by Gasteiger charge is -2.18. The summed E-state index contributed by atoms with van der Waals surface area (Å²) in [5, 5.41) is 0. The number of hydrogen-bond donors (Lipinski definition) is 0. The Labute approximate surface area is 465 Å². The Bertz CT molecular complexity index is 1430. The second-order valence-electron chi connectivity index (χ2n) is 21.3. The molecule has 0 amide bonds. The second-order valence-corrected chi connectivity index (χ2v) is 21.3. The predicted molar refractivity (Wildman–Crippen MR) is 325 cm³/mol. The predicted octanol–water partition coefficient (Wildman–Crippen LogP) is 21.9. The van der Waals surface area contributed by atoms with Crippen molar-refractivity contribution >= 4 is 17.9 Å².